The number of imidazole rings is 1. The van der Waals surface area contributed by atoms with Crippen LogP contribution in [0.25, 0.3) is 0 Å². The molecule has 3 heterocycles. The second kappa shape index (κ2) is 8.47. The molecule has 3 aromatic rings. The molecule has 150 valence electrons. The number of aromatic nitrogens is 3. The molecule has 1 amide bonds. The van der Waals surface area contributed by atoms with E-state index in [-0.39, 0.29) is 17.5 Å². The van der Waals surface area contributed by atoms with E-state index in [9.17, 15) is 9.59 Å². The molecular formula is C23H26N4O2. The van der Waals surface area contributed by atoms with Gasteiger partial charge in [0.2, 0.25) is 0 Å². The van der Waals surface area contributed by atoms with E-state index in [0.29, 0.717) is 25.2 Å². The van der Waals surface area contributed by atoms with Gasteiger partial charge in [-0.05, 0) is 43.4 Å². The monoisotopic (exact) mass is 390 g/mol. The molecule has 1 atom stereocenters. The average molecular weight is 390 g/mol. The predicted molar refractivity (Wildman–Crippen MR) is 112 cm³/mol. The number of carbonyl (C=O) groups excluding carboxylic acids is 1. The lowest BCUT2D eigenvalue weighted by molar-refractivity contribution is 0.0721. The van der Waals surface area contributed by atoms with E-state index in [1.165, 1.54) is 5.56 Å². The van der Waals surface area contributed by atoms with Crippen molar-refractivity contribution in [2.75, 3.05) is 6.54 Å². The van der Waals surface area contributed by atoms with Gasteiger partial charge in [-0.15, -0.1) is 0 Å². The minimum absolute atomic E-state index is 0.0912. The van der Waals surface area contributed by atoms with Crippen molar-refractivity contribution in [1.29, 1.82) is 0 Å². The van der Waals surface area contributed by atoms with Crippen LogP contribution in [-0.4, -0.2) is 37.5 Å². The van der Waals surface area contributed by atoms with Crippen LogP contribution in [0.4, 0.5) is 0 Å². The lowest BCUT2D eigenvalue weighted by Crippen LogP contribution is -2.41. The number of likely N-dealkylation sites (tertiary alicyclic amines) is 1. The molecule has 4 rings (SSSR count). The minimum Gasteiger partial charge on any atom is -0.335 e. The van der Waals surface area contributed by atoms with Gasteiger partial charge in [-0.25, -0.2) is 4.98 Å². The smallest absolute Gasteiger partial charge is 0.263 e. The van der Waals surface area contributed by atoms with Crippen molar-refractivity contribution in [3.05, 3.63) is 88.4 Å². The average Bonchev–Trinajstić information content (AvgIpc) is 3.41. The van der Waals surface area contributed by atoms with E-state index in [4.69, 9.17) is 0 Å². The van der Waals surface area contributed by atoms with Crippen LogP contribution in [0.5, 0.6) is 0 Å². The number of hydrogen-bond donors (Lipinski definition) is 0. The van der Waals surface area contributed by atoms with Gasteiger partial charge in [0.25, 0.3) is 11.5 Å². The topological polar surface area (TPSA) is 60.1 Å². The highest BCUT2D eigenvalue weighted by Crippen LogP contribution is 2.21. The van der Waals surface area contributed by atoms with Crippen LogP contribution in [0.15, 0.2) is 66.1 Å². The van der Waals surface area contributed by atoms with Gasteiger partial charge in [0, 0.05) is 38.2 Å². The van der Waals surface area contributed by atoms with Gasteiger partial charge in [0.05, 0.1) is 12.4 Å². The lowest BCUT2D eigenvalue weighted by atomic mass is 10.1. The first kappa shape index (κ1) is 19.2. The number of carbonyl (C=O) groups is 1. The Morgan fingerprint density at radius 2 is 2.00 bits per heavy atom. The van der Waals surface area contributed by atoms with Crippen molar-refractivity contribution in [2.45, 2.75) is 45.3 Å². The van der Waals surface area contributed by atoms with Crippen LogP contribution in [0, 0.1) is 6.92 Å². The highest BCUT2D eigenvalue weighted by molar-refractivity contribution is 5.95. The van der Waals surface area contributed by atoms with E-state index < -0.39 is 0 Å². The second-order valence-electron chi connectivity index (χ2n) is 7.66. The molecule has 1 fully saturated rings. The van der Waals surface area contributed by atoms with Gasteiger partial charge in [0.15, 0.2) is 0 Å². The normalized spacial score (nSPS) is 16.3. The molecule has 0 aliphatic carbocycles. The molecule has 29 heavy (non-hydrogen) atoms. The number of aryl methyl sites for hydroxylation is 3. The molecular weight excluding hydrogens is 364 g/mol. The molecule has 1 aliphatic rings. The Bertz CT molecular complexity index is 1020. The van der Waals surface area contributed by atoms with E-state index >= 15 is 0 Å². The molecule has 1 aliphatic heterocycles. The fraction of sp³-hybridized carbons (Fsp3) is 0.348. The molecule has 0 bridgehead atoms. The summed E-state index contributed by atoms with van der Waals surface area (Å²) in [6.45, 7) is 3.80. The quantitative estimate of drug-likeness (QED) is 0.650. The molecule has 2 aromatic heterocycles. The summed E-state index contributed by atoms with van der Waals surface area (Å²) >= 11 is 0. The summed E-state index contributed by atoms with van der Waals surface area (Å²) in [5.74, 6) is -0.149. The maximum Gasteiger partial charge on any atom is 0.263 e. The second-order valence-corrected chi connectivity index (χ2v) is 7.66. The van der Waals surface area contributed by atoms with Crippen molar-refractivity contribution in [2.24, 2.45) is 0 Å². The van der Waals surface area contributed by atoms with Crippen LogP contribution in [-0.2, 0) is 19.5 Å². The Kier molecular flexibility index (Phi) is 5.60. The zero-order chi connectivity index (χ0) is 20.2. The molecule has 0 N–H and O–H groups in total. The van der Waals surface area contributed by atoms with Gasteiger partial charge in [-0.3, -0.25) is 9.59 Å². The van der Waals surface area contributed by atoms with Crippen LogP contribution >= 0.6 is 0 Å². The number of hydrogen-bond acceptors (Lipinski definition) is 3. The number of rotatable bonds is 6. The Balaban J connectivity index is 1.55. The zero-order valence-corrected chi connectivity index (χ0v) is 16.7. The van der Waals surface area contributed by atoms with Crippen molar-refractivity contribution in [1.82, 2.24) is 19.0 Å². The minimum atomic E-state index is -0.195. The highest BCUT2D eigenvalue weighted by atomic mass is 16.2. The fourth-order valence-corrected chi connectivity index (χ4v) is 4.07. The third kappa shape index (κ3) is 4.16. The SMILES string of the molecule is Cc1ccn(CCc2ccccc2)c(=O)c1C(=O)N1CCCC1Cn1ccnc1. The Labute approximate surface area is 170 Å². The summed E-state index contributed by atoms with van der Waals surface area (Å²) in [4.78, 5) is 32.4. The zero-order valence-electron chi connectivity index (χ0n) is 16.7. The summed E-state index contributed by atoms with van der Waals surface area (Å²) in [6, 6.07) is 12.0. The molecule has 0 saturated carbocycles. The van der Waals surface area contributed by atoms with Crippen LogP contribution in [0.2, 0.25) is 0 Å². The largest absolute Gasteiger partial charge is 0.335 e. The maximum absolute atomic E-state index is 13.3. The maximum atomic E-state index is 13.3. The van der Waals surface area contributed by atoms with Crippen molar-refractivity contribution >= 4 is 5.91 Å². The van der Waals surface area contributed by atoms with Gasteiger partial charge in [-0.2, -0.15) is 0 Å². The van der Waals surface area contributed by atoms with Gasteiger partial charge < -0.3 is 14.0 Å². The number of pyridine rings is 1. The fourth-order valence-electron chi connectivity index (χ4n) is 4.07. The molecule has 1 aromatic carbocycles. The third-order valence-corrected chi connectivity index (χ3v) is 5.69. The van der Waals surface area contributed by atoms with E-state index in [2.05, 4.69) is 17.1 Å². The first-order chi connectivity index (χ1) is 14.1. The summed E-state index contributed by atoms with van der Waals surface area (Å²) in [7, 11) is 0. The summed E-state index contributed by atoms with van der Waals surface area (Å²) in [5.41, 5.74) is 2.02. The van der Waals surface area contributed by atoms with E-state index in [1.54, 1.807) is 23.3 Å². The van der Waals surface area contributed by atoms with E-state index in [1.807, 2.05) is 46.9 Å². The van der Waals surface area contributed by atoms with Gasteiger partial charge in [0.1, 0.15) is 5.56 Å². The molecule has 0 radical (unpaired) electrons. The summed E-state index contributed by atoms with van der Waals surface area (Å²) in [6.07, 6.45) is 9.87. The Morgan fingerprint density at radius 3 is 2.76 bits per heavy atom. The van der Waals surface area contributed by atoms with Crippen LogP contribution in [0.3, 0.4) is 0 Å². The van der Waals surface area contributed by atoms with Crippen LogP contribution < -0.4 is 5.56 Å². The van der Waals surface area contributed by atoms with Crippen molar-refractivity contribution in [3.63, 3.8) is 0 Å². The third-order valence-electron chi connectivity index (χ3n) is 5.69. The molecule has 6 nitrogen and oxygen atoms in total. The number of amides is 1. The number of benzene rings is 1. The lowest BCUT2D eigenvalue weighted by Gasteiger charge is -2.25. The first-order valence-corrected chi connectivity index (χ1v) is 10.1. The summed E-state index contributed by atoms with van der Waals surface area (Å²) < 4.78 is 3.65. The Morgan fingerprint density at radius 1 is 1.17 bits per heavy atom. The highest BCUT2D eigenvalue weighted by Gasteiger charge is 2.32. The van der Waals surface area contributed by atoms with Crippen LogP contribution in [0.1, 0.15) is 34.3 Å². The molecule has 1 unspecified atom stereocenters. The van der Waals surface area contributed by atoms with Gasteiger partial charge >= 0.3 is 0 Å². The molecule has 1 saturated heterocycles. The Hall–Kier alpha value is -3.15. The van der Waals surface area contributed by atoms with Crippen molar-refractivity contribution in [3.8, 4) is 0 Å². The summed E-state index contributed by atoms with van der Waals surface area (Å²) in [5, 5.41) is 0. The van der Waals surface area contributed by atoms with E-state index in [0.717, 1.165) is 24.8 Å². The molecule has 0 spiro atoms. The van der Waals surface area contributed by atoms with Gasteiger partial charge in [-0.1, -0.05) is 30.3 Å². The number of nitrogens with zero attached hydrogens (tertiary/aromatic N) is 4. The first-order valence-electron chi connectivity index (χ1n) is 10.1. The molecule has 6 heteroatoms. The van der Waals surface area contributed by atoms with Crippen molar-refractivity contribution < 1.29 is 4.79 Å². The standard InChI is InChI=1S/C23H26N4O2/c1-18-9-13-26(14-10-19-6-3-2-4-7-19)22(28)21(18)23(29)27-12-5-8-20(27)16-25-15-11-24-17-25/h2-4,6-7,9,11,13,15,17,20H,5,8,10,12,14,16H2,1H3. The predicted octanol–water partition coefficient (Wildman–Crippen LogP) is 2.90.